The normalized spacial score (nSPS) is 23.0. The number of nitrogens with zero attached hydrogens (tertiary/aromatic N) is 2. The summed E-state index contributed by atoms with van der Waals surface area (Å²) in [5.41, 5.74) is 0.362. The topological polar surface area (TPSA) is 23.6 Å². The maximum absolute atomic E-state index is 14.0. The van der Waals surface area contributed by atoms with E-state index in [4.69, 9.17) is 0 Å². The van der Waals surface area contributed by atoms with Gasteiger partial charge < -0.3 is 4.90 Å². The summed E-state index contributed by atoms with van der Waals surface area (Å²) in [5.74, 6) is -0.394. The van der Waals surface area contributed by atoms with E-state index >= 15 is 0 Å². The van der Waals surface area contributed by atoms with Gasteiger partial charge in [0.05, 0.1) is 0 Å². The lowest BCUT2D eigenvalue weighted by Crippen LogP contribution is -2.47. The van der Waals surface area contributed by atoms with E-state index in [1.165, 1.54) is 18.9 Å². The van der Waals surface area contributed by atoms with Crippen LogP contribution in [0, 0.1) is 23.5 Å². The third-order valence-corrected chi connectivity index (χ3v) is 5.15. The molecule has 1 aliphatic heterocycles. The van der Waals surface area contributed by atoms with Crippen LogP contribution >= 0.6 is 0 Å². The predicted molar refractivity (Wildman–Crippen MR) is 89.3 cm³/mol. The molecule has 1 amide bonds. The van der Waals surface area contributed by atoms with Gasteiger partial charge in [-0.3, -0.25) is 9.69 Å². The fourth-order valence-corrected chi connectivity index (χ4v) is 3.48. The first-order valence-electron chi connectivity index (χ1n) is 8.90. The molecule has 1 heterocycles. The Kier molecular flexibility index (Phi) is 5.18. The van der Waals surface area contributed by atoms with Gasteiger partial charge in [0.1, 0.15) is 0 Å². The average Bonchev–Trinajstić information content (AvgIpc) is 3.36. The molecule has 2 fully saturated rings. The average molecular weight is 336 g/mol. The SMILES string of the molecule is CC(C)[C@H]1CN(Cc2cccc(F)c2F)CCC(=O)N1CC1CC1. The van der Waals surface area contributed by atoms with E-state index in [0.29, 0.717) is 43.5 Å². The molecule has 0 N–H and O–H groups in total. The standard InChI is InChI=1S/C19H26F2N2O/c1-13(2)17-12-22(11-15-4-3-5-16(20)19(15)21)9-8-18(24)23(17)10-14-6-7-14/h3-5,13-14,17H,6-12H2,1-2H3/t17-/m1/s1. The summed E-state index contributed by atoms with van der Waals surface area (Å²) >= 11 is 0. The second-order valence-electron chi connectivity index (χ2n) is 7.50. The number of benzene rings is 1. The summed E-state index contributed by atoms with van der Waals surface area (Å²) in [6.07, 6.45) is 2.88. The van der Waals surface area contributed by atoms with Gasteiger partial charge in [0.2, 0.25) is 5.91 Å². The van der Waals surface area contributed by atoms with Crippen LogP contribution < -0.4 is 0 Å². The highest BCUT2D eigenvalue weighted by Crippen LogP contribution is 2.32. The van der Waals surface area contributed by atoms with Gasteiger partial charge in [0.25, 0.3) is 0 Å². The van der Waals surface area contributed by atoms with Crippen LogP contribution in [-0.4, -0.2) is 41.4 Å². The van der Waals surface area contributed by atoms with Gasteiger partial charge in [-0.25, -0.2) is 8.78 Å². The second kappa shape index (κ2) is 7.18. The van der Waals surface area contributed by atoms with Crippen LogP contribution in [-0.2, 0) is 11.3 Å². The summed E-state index contributed by atoms with van der Waals surface area (Å²) in [6, 6.07) is 4.43. The largest absolute Gasteiger partial charge is 0.338 e. The molecule has 2 aliphatic rings. The molecule has 1 saturated heterocycles. The van der Waals surface area contributed by atoms with Crippen molar-refractivity contribution in [3.8, 4) is 0 Å². The molecule has 1 atom stereocenters. The molecular formula is C19H26F2N2O. The van der Waals surface area contributed by atoms with Gasteiger partial charge in [-0.2, -0.15) is 0 Å². The minimum atomic E-state index is -0.811. The Labute approximate surface area is 142 Å². The Morgan fingerprint density at radius 1 is 1.25 bits per heavy atom. The molecule has 3 nitrogen and oxygen atoms in total. The zero-order valence-corrected chi connectivity index (χ0v) is 14.5. The molecule has 0 unspecified atom stereocenters. The maximum Gasteiger partial charge on any atom is 0.224 e. The summed E-state index contributed by atoms with van der Waals surface area (Å²) in [6.45, 7) is 6.76. The molecule has 1 aromatic carbocycles. The van der Waals surface area contributed by atoms with Crippen molar-refractivity contribution in [2.75, 3.05) is 19.6 Å². The molecule has 0 spiro atoms. The van der Waals surface area contributed by atoms with Crippen molar-refractivity contribution in [3.05, 3.63) is 35.4 Å². The fourth-order valence-electron chi connectivity index (χ4n) is 3.48. The van der Waals surface area contributed by atoms with Crippen molar-refractivity contribution >= 4 is 5.91 Å². The van der Waals surface area contributed by atoms with E-state index in [0.717, 1.165) is 12.6 Å². The van der Waals surface area contributed by atoms with Crippen molar-refractivity contribution in [3.63, 3.8) is 0 Å². The van der Waals surface area contributed by atoms with Gasteiger partial charge in [0.15, 0.2) is 11.6 Å². The van der Waals surface area contributed by atoms with E-state index in [1.54, 1.807) is 6.07 Å². The van der Waals surface area contributed by atoms with E-state index in [2.05, 4.69) is 18.7 Å². The van der Waals surface area contributed by atoms with Crippen molar-refractivity contribution in [1.82, 2.24) is 9.80 Å². The summed E-state index contributed by atoms with van der Waals surface area (Å²) in [7, 11) is 0. The van der Waals surface area contributed by atoms with Crippen LogP contribution in [0.3, 0.4) is 0 Å². The number of carbonyl (C=O) groups excluding carboxylic acids is 1. The van der Waals surface area contributed by atoms with Crippen molar-refractivity contribution in [2.24, 2.45) is 11.8 Å². The first-order chi connectivity index (χ1) is 11.5. The van der Waals surface area contributed by atoms with E-state index < -0.39 is 11.6 Å². The van der Waals surface area contributed by atoms with Crippen LogP contribution in [0.2, 0.25) is 0 Å². The lowest BCUT2D eigenvalue weighted by Gasteiger charge is -2.35. The molecule has 1 aromatic rings. The Balaban J connectivity index is 1.75. The molecule has 132 valence electrons. The van der Waals surface area contributed by atoms with Crippen molar-refractivity contribution < 1.29 is 13.6 Å². The molecule has 5 heteroatoms. The number of halogens is 2. The van der Waals surface area contributed by atoms with Gasteiger partial charge in [-0.1, -0.05) is 26.0 Å². The monoisotopic (exact) mass is 336 g/mol. The van der Waals surface area contributed by atoms with Crippen LogP contribution in [0.1, 0.15) is 38.7 Å². The van der Waals surface area contributed by atoms with Gasteiger partial charge in [-0.15, -0.1) is 0 Å². The Bertz CT molecular complexity index is 601. The molecule has 3 rings (SSSR count). The smallest absolute Gasteiger partial charge is 0.224 e. The molecule has 0 radical (unpaired) electrons. The highest BCUT2D eigenvalue weighted by molar-refractivity contribution is 5.77. The first-order valence-corrected chi connectivity index (χ1v) is 8.90. The lowest BCUT2D eigenvalue weighted by atomic mass is 10.0. The molecular weight excluding hydrogens is 310 g/mol. The number of rotatable bonds is 5. The van der Waals surface area contributed by atoms with E-state index in [9.17, 15) is 13.6 Å². The number of amides is 1. The van der Waals surface area contributed by atoms with Gasteiger partial charge in [-0.05, 0) is 30.7 Å². The molecule has 0 bridgehead atoms. The van der Waals surface area contributed by atoms with Crippen molar-refractivity contribution in [1.29, 1.82) is 0 Å². The highest BCUT2D eigenvalue weighted by Gasteiger charge is 2.35. The van der Waals surface area contributed by atoms with Crippen LogP contribution in [0.15, 0.2) is 18.2 Å². The van der Waals surface area contributed by atoms with Crippen LogP contribution in [0.5, 0.6) is 0 Å². The lowest BCUT2D eigenvalue weighted by molar-refractivity contribution is -0.133. The predicted octanol–water partition coefficient (Wildman–Crippen LogP) is 3.43. The fraction of sp³-hybridized carbons (Fsp3) is 0.632. The molecule has 1 saturated carbocycles. The number of hydrogen-bond acceptors (Lipinski definition) is 2. The van der Waals surface area contributed by atoms with Gasteiger partial charge in [0, 0.05) is 44.2 Å². The van der Waals surface area contributed by atoms with Crippen molar-refractivity contribution in [2.45, 2.75) is 45.7 Å². The zero-order valence-electron chi connectivity index (χ0n) is 14.5. The summed E-state index contributed by atoms with van der Waals surface area (Å²) in [5, 5.41) is 0. The summed E-state index contributed by atoms with van der Waals surface area (Å²) < 4.78 is 27.4. The quantitative estimate of drug-likeness (QED) is 0.822. The molecule has 0 aromatic heterocycles. The zero-order chi connectivity index (χ0) is 17.3. The van der Waals surface area contributed by atoms with Gasteiger partial charge >= 0.3 is 0 Å². The van der Waals surface area contributed by atoms with Crippen LogP contribution in [0.4, 0.5) is 8.78 Å². The third-order valence-electron chi connectivity index (χ3n) is 5.15. The minimum absolute atomic E-state index is 0.136. The number of carbonyl (C=O) groups is 1. The first kappa shape index (κ1) is 17.3. The highest BCUT2D eigenvalue weighted by atomic mass is 19.2. The molecule has 1 aliphatic carbocycles. The summed E-state index contributed by atoms with van der Waals surface area (Å²) in [4.78, 5) is 16.7. The maximum atomic E-state index is 14.0. The number of hydrogen-bond donors (Lipinski definition) is 0. The van der Waals surface area contributed by atoms with E-state index in [-0.39, 0.29) is 11.9 Å². The second-order valence-corrected chi connectivity index (χ2v) is 7.50. The Morgan fingerprint density at radius 3 is 2.67 bits per heavy atom. The minimum Gasteiger partial charge on any atom is -0.338 e. The van der Waals surface area contributed by atoms with E-state index in [1.807, 2.05) is 4.90 Å². The Hall–Kier alpha value is -1.49. The molecule has 24 heavy (non-hydrogen) atoms. The van der Waals surface area contributed by atoms with Crippen LogP contribution in [0.25, 0.3) is 0 Å². The Morgan fingerprint density at radius 2 is 2.00 bits per heavy atom. The third kappa shape index (κ3) is 3.94.